The van der Waals surface area contributed by atoms with E-state index >= 15 is 0 Å². The highest BCUT2D eigenvalue weighted by molar-refractivity contribution is 5.17. The van der Waals surface area contributed by atoms with E-state index in [1.54, 1.807) is 6.20 Å². The van der Waals surface area contributed by atoms with Gasteiger partial charge in [0.2, 0.25) is 0 Å². The van der Waals surface area contributed by atoms with E-state index in [2.05, 4.69) is 16.5 Å². The summed E-state index contributed by atoms with van der Waals surface area (Å²) in [7, 11) is 0. The van der Waals surface area contributed by atoms with Gasteiger partial charge in [0.15, 0.2) is 0 Å². The van der Waals surface area contributed by atoms with Crippen LogP contribution in [0.1, 0.15) is 31.4 Å². The molecule has 5 nitrogen and oxygen atoms in total. The zero-order chi connectivity index (χ0) is 12.1. The largest absolute Gasteiger partial charge is 0.377 e. The Labute approximate surface area is 101 Å². The van der Waals surface area contributed by atoms with Gasteiger partial charge in [0.25, 0.3) is 0 Å². The second-order valence-corrected chi connectivity index (χ2v) is 4.23. The minimum absolute atomic E-state index is 0.257. The first kappa shape index (κ1) is 12.1. The maximum atomic E-state index is 9.14. The molecule has 2 unspecified atom stereocenters. The molecule has 0 bridgehead atoms. The minimum atomic E-state index is -0.292. The Balaban J connectivity index is 1.89. The molecule has 0 aromatic carbocycles. The Morgan fingerprint density at radius 2 is 2.65 bits per heavy atom. The molecule has 2 heterocycles. The number of rotatable bonds is 5. The van der Waals surface area contributed by atoms with Crippen molar-refractivity contribution >= 4 is 0 Å². The van der Waals surface area contributed by atoms with Crippen LogP contribution in [0.25, 0.3) is 0 Å². The van der Waals surface area contributed by atoms with Crippen molar-refractivity contribution in [1.82, 2.24) is 15.1 Å². The second-order valence-electron chi connectivity index (χ2n) is 4.23. The van der Waals surface area contributed by atoms with Gasteiger partial charge in [-0.15, -0.1) is 0 Å². The molecule has 92 valence electrons. The van der Waals surface area contributed by atoms with Crippen molar-refractivity contribution in [1.29, 1.82) is 5.26 Å². The molecule has 2 rings (SSSR count). The fraction of sp³-hybridized carbons (Fsp3) is 0.667. The van der Waals surface area contributed by atoms with Gasteiger partial charge in [-0.1, -0.05) is 0 Å². The molecule has 0 spiro atoms. The van der Waals surface area contributed by atoms with Gasteiger partial charge >= 0.3 is 0 Å². The maximum absolute atomic E-state index is 9.14. The van der Waals surface area contributed by atoms with Gasteiger partial charge in [-0.05, 0) is 19.8 Å². The highest BCUT2D eigenvalue weighted by atomic mass is 16.5. The third kappa shape index (κ3) is 3.05. The van der Waals surface area contributed by atoms with Crippen molar-refractivity contribution < 1.29 is 4.74 Å². The molecular formula is C12H18N4O. The van der Waals surface area contributed by atoms with Gasteiger partial charge in [-0.2, -0.15) is 10.4 Å². The normalized spacial score (nSPS) is 21.3. The summed E-state index contributed by atoms with van der Waals surface area (Å²) in [5.74, 6) is 0. The lowest BCUT2D eigenvalue weighted by Crippen LogP contribution is -2.29. The average molecular weight is 234 g/mol. The van der Waals surface area contributed by atoms with E-state index in [1.807, 2.05) is 17.8 Å². The van der Waals surface area contributed by atoms with E-state index in [0.717, 1.165) is 38.1 Å². The van der Waals surface area contributed by atoms with Gasteiger partial charge in [-0.25, -0.2) is 0 Å². The quantitative estimate of drug-likeness (QED) is 0.832. The van der Waals surface area contributed by atoms with E-state index in [4.69, 9.17) is 10.00 Å². The van der Waals surface area contributed by atoms with Crippen LogP contribution in [0, 0.1) is 11.3 Å². The first-order chi connectivity index (χ1) is 8.33. The monoisotopic (exact) mass is 234 g/mol. The van der Waals surface area contributed by atoms with Crippen LogP contribution in [0.2, 0.25) is 0 Å². The molecule has 5 heteroatoms. The Hall–Kier alpha value is -1.38. The predicted molar refractivity (Wildman–Crippen MR) is 63.2 cm³/mol. The molecule has 0 radical (unpaired) electrons. The summed E-state index contributed by atoms with van der Waals surface area (Å²) in [6, 6.07) is 1.97. The molecule has 1 saturated heterocycles. The molecule has 0 aliphatic carbocycles. The molecule has 2 atom stereocenters. The summed E-state index contributed by atoms with van der Waals surface area (Å²) < 4.78 is 7.34. The lowest BCUT2D eigenvalue weighted by atomic mass is 10.1. The first-order valence-electron chi connectivity index (χ1n) is 6.10. The summed E-state index contributed by atoms with van der Waals surface area (Å²) in [6.45, 7) is 4.43. The molecule has 1 aromatic heterocycles. The van der Waals surface area contributed by atoms with Crippen LogP contribution in [0.4, 0.5) is 0 Å². The predicted octanol–water partition coefficient (Wildman–Crippen LogP) is 1.24. The topological polar surface area (TPSA) is 62.9 Å². The van der Waals surface area contributed by atoms with Crippen molar-refractivity contribution in [2.45, 2.75) is 38.5 Å². The Bertz CT molecular complexity index is 389. The van der Waals surface area contributed by atoms with Gasteiger partial charge in [0, 0.05) is 31.5 Å². The molecule has 1 aromatic rings. The molecule has 1 aliphatic rings. The lowest BCUT2D eigenvalue weighted by Gasteiger charge is -2.13. The SMILES string of the molecule is CCn1cc(C(C#N)NCC2CCCO2)cn1. The molecule has 17 heavy (non-hydrogen) atoms. The van der Waals surface area contributed by atoms with Crippen molar-refractivity contribution in [3.63, 3.8) is 0 Å². The van der Waals surface area contributed by atoms with Crippen molar-refractivity contribution in [3.05, 3.63) is 18.0 Å². The smallest absolute Gasteiger partial charge is 0.124 e. The van der Waals surface area contributed by atoms with Gasteiger partial charge in [0.1, 0.15) is 6.04 Å². The zero-order valence-electron chi connectivity index (χ0n) is 10.1. The van der Waals surface area contributed by atoms with Crippen molar-refractivity contribution in [3.8, 4) is 6.07 Å². The summed E-state index contributed by atoms with van der Waals surface area (Å²) in [4.78, 5) is 0. The minimum Gasteiger partial charge on any atom is -0.377 e. The third-order valence-corrected chi connectivity index (χ3v) is 3.01. The number of hydrogen-bond acceptors (Lipinski definition) is 4. The van der Waals surface area contributed by atoms with Crippen LogP contribution in [0.3, 0.4) is 0 Å². The van der Waals surface area contributed by atoms with E-state index < -0.39 is 0 Å². The molecule has 1 aliphatic heterocycles. The zero-order valence-corrected chi connectivity index (χ0v) is 10.1. The first-order valence-corrected chi connectivity index (χ1v) is 6.10. The standard InChI is InChI=1S/C12H18N4O/c1-2-16-9-10(7-15-16)12(6-13)14-8-11-4-3-5-17-11/h7,9,11-12,14H,2-5,8H2,1H3. The summed E-state index contributed by atoms with van der Waals surface area (Å²) in [6.07, 6.45) is 6.12. The molecule has 1 fully saturated rings. The van der Waals surface area contributed by atoms with Crippen LogP contribution < -0.4 is 5.32 Å². The molecule has 0 saturated carbocycles. The average Bonchev–Trinajstić information content (AvgIpc) is 3.00. The molecule has 0 amide bonds. The highest BCUT2D eigenvalue weighted by Crippen LogP contribution is 2.14. The van der Waals surface area contributed by atoms with Gasteiger partial charge in [0.05, 0.1) is 18.4 Å². The van der Waals surface area contributed by atoms with Crippen LogP contribution in [-0.4, -0.2) is 29.0 Å². The van der Waals surface area contributed by atoms with Gasteiger partial charge < -0.3 is 4.74 Å². The number of hydrogen-bond donors (Lipinski definition) is 1. The van der Waals surface area contributed by atoms with E-state index in [-0.39, 0.29) is 12.1 Å². The third-order valence-electron chi connectivity index (χ3n) is 3.01. The molecular weight excluding hydrogens is 216 g/mol. The second kappa shape index (κ2) is 5.80. The van der Waals surface area contributed by atoms with Crippen LogP contribution in [-0.2, 0) is 11.3 Å². The van der Waals surface area contributed by atoms with Gasteiger partial charge in [-0.3, -0.25) is 10.00 Å². The van der Waals surface area contributed by atoms with E-state index in [0.29, 0.717) is 0 Å². The van der Waals surface area contributed by atoms with Crippen LogP contribution in [0.15, 0.2) is 12.4 Å². The summed E-state index contributed by atoms with van der Waals surface area (Å²) >= 11 is 0. The summed E-state index contributed by atoms with van der Waals surface area (Å²) in [5, 5.41) is 16.5. The molecule has 1 N–H and O–H groups in total. The Morgan fingerprint density at radius 1 is 1.76 bits per heavy atom. The van der Waals surface area contributed by atoms with Crippen LogP contribution in [0.5, 0.6) is 0 Å². The number of nitriles is 1. The van der Waals surface area contributed by atoms with Crippen molar-refractivity contribution in [2.75, 3.05) is 13.2 Å². The number of nitrogens with one attached hydrogen (secondary N) is 1. The van der Waals surface area contributed by atoms with E-state index in [9.17, 15) is 0 Å². The summed E-state index contributed by atoms with van der Waals surface area (Å²) in [5.41, 5.74) is 0.923. The van der Waals surface area contributed by atoms with Crippen molar-refractivity contribution in [2.24, 2.45) is 0 Å². The fourth-order valence-corrected chi connectivity index (χ4v) is 1.99. The fourth-order valence-electron chi connectivity index (χ4n) is 1.99. The number of aromatic nitrogens is 2. The Morgan fingerprint density at radius 3 is 3.24 bits per heavy atom. The van der Waals surface area contributed by atoms with Crippen LogP contribution >= 0.6 is 0 Å². The highest BCUT2D eigenvalue weighted by Gasteiger charge is 2.18. The number of nitrogens with zero attached hydrogens (tertiary/aromatic N) is 3. The Kier molecular flexibility index (Phi) is 4.13. The maximum Gasteiger partial charge on any atom is 0.124 e. The number of aryl methyl sites for hydroxylation is 1. The van der Waals surface area contributed by atoms with E-state index in [1.165, 1.54) is 0 Å². The lowest BCUT2D eigenvalue weighted by molar-refractivity contribution is 0.109. The number of ether oxygens (including phenoxy) is 1.